The minimum absolute atomic E-state index is 0.0373. The fourth-order valence-electron chi connectivity index (χ4n) is 3.83. The highest BCUT2D eigenvalue weighted by atomic mass is 19.4. The first-order chi connectivity index (χ1) is 14.4. The molecule has 1 fully saturated rings. The van der Waals surface area contributed by atoms with E-state index in [1.165, 1.54) is 18.6 Å². The Balaban J connectivity index is 1.77. The standard InChI is InChI=1S/C22H19F3N4O/c1-2-3-20(30)29-5-4-14(12-29)19-8-15(6-17-10-27-13-28-21(17)19)16-7-18(11-26-9-16)22(23,24)25/h2-3,6-11,13-14H,4-5,12H2,1H3/b3-2+. The normalized spacial score (nSPS) is 17.2. The van der Waals surface area contributed by atoms with Gasteiger partial charge in [0.25, 0.3) is 0 Å². The number of benzene rings is 1. The Morgan fingerprint density at radius 3 is 2.73 bits per heavy atom. The van der Waals surface area contributed by atoms with E-state index in [2.05, 4.69) is 15.0 Å². The SMILES string of the molecule is C/C=C/C(=O)N1CCC(c2cc(-c3cncc(C(F)(F)F)c3)cc3cncnc23)C1. The Hall–Kier alpha value is -3.29. The van der Waals surface area contributed by atoms with Gasteiger partial charge in [0.1, 0.15) is 6.33 Å². The summed E-state index contributed by atoms with van der Waals surface area (Å²) in [5.74, 6) is -0.00696. The molecule has 2 aromatic heterocycles. The van der Waals surface area contributed by atoms with Gasteiger partial charge >= 0.3 is 6.18 Å². The number of aromatic nitrogens is 3. The Morgan fingerprint density at radius 1 is 1.13 bits per heavy atom. The van der Waals surface area contributed by atoms with Crippen LogP contribution < -0.4 is 0 Å². The lowest BCUT2D eigenvalue weighted by molar-refractivity contribution is -0.137. The molecule has 1 aliphatic heterocycles. The number of pyridine rings is 1. The van der Waals surface area contributed by atoms with Gasteiger partial charge in [-0.2, -0.15) is 13.2 Å². The van der Waals surface area contributed by atoms with E-state index in [1.807, 2.05) is 6.07 Å². The van der Waals surface area contributed by atoms with Gasteiger partial charge in [0.05, 0.1) is 11.1 Å². The number of hydrogen-bond donors (Lipinski definition) is 0. The molecule has 1 aliphatic rings. The first-order valence-electron chi connectivity index (χ1n) is 9.54. The van der Waals surface area contributed by atoms with Crippen LogP contribution in [0.4, 0.5) is 13.2 Å². The zero-order chi connectivity index (χ0) is 21.3. The van der Waals surface area contributed by atoms with E-state index in [-0.39, 0.29) is 11.8 Å². The molecule has 8 heteroatoms. The van der Waals surface area contributed by atoms with Crippen LogP contribution >= 0.6 is 0 Å². The van der Waals surface area contributed by atoms with E-state index in [0.717, 1.165) is 35.2 Å². The van der Waals surface area contributed by atoms with Gasteiger partial charge in [-0.05, 0) is 48.7 Å². The van der Waals surface area contributed by atoms with Crippen LogP contribution in [0.25, 0.3) is 22.0 Å². The lowest BCUT2D eigenvalue weighted by Crippen LogP contribution is -2.26. The van der Waals surface area contributed by atoms with Crippen LogP contribution in [0.5, 0.6) is 0 Å². The van der Waals surface area contributed by atoms with Crippen molar-refractivity contribution >= 4 is 16.8 Å². The molecule has 0 bridgehead atoms. The van der Waals surface area contributed by atoms with Crippen LogP contribution in [0.3, 0.4) is 0 Å². The highest BCUT2D eigenvalue weighted by Crippen LogP contribution is 2.36. The molecule has 5 nitrogen and oxygen atoms in total. The van der Waals surface area contributed by atoms with Gasteiger partial charge < -0.3 is 4.90 Å². The number of likely N-dealkylation sites (tertiary alicyclic amines) is 1. The van der Waals surface area contributed by atoms with E-state index in [1.54, 1.807) is 30.2 Å². The number of alkyl halides is 3. The van der Waals surface area contributed by atoms with Gasteiger partial charge in [-0.1, -0.05) is 6.08 Å². The Labute approximate surface area is 171 Å². The molecule has 4 rings (SSSR count). The Bertz CT molecular complexity index is 1130. The average molecular weight is 412 g/mol. The number of carbonyl (C=O) groups excluding carboxylic acids is 1. The summed E-state index contributed by atoms with van der Waals surface area (Å²) in [6.45, 7) is 2.95. The number of carbonyl (C=O) groups is 1. The lowest BCUT2D eigenvalue weighted by Gasteiger charge is -2.17. The second-order valence-corrected chi connectivity index (χ2v) is 7.26. The van der Waals surface area contributed by atoms with E-state index in [0.29, 0.717) is 24.2 Å². The van der Waals surface area contributed by atoms with Gasteiger partial charge in [-0.3, -0.25) is 9.78 Å². The highest BCUT2D eigenvalue weighted by molar-refractivity contribution is 5.89. The van der Waals surface area contributed by atoms with Crippen LogP contribution in [0.15, 0.2) is 55.3 Å². The number of hydrogen-bond acceptors (Lipinski definition) is 4. The lowest BCUT2D eigenvalue weighted by atomic mass is 9.92. The molecule has 0 spiro atoms. The molecular formula is C22H19F3N4O. The third kappa shape index (κ3) is 3.90. The van der Waals surface area contributed by atoms with Gasteiger partial charge in [0.15, 0.2) is 0 Å². The van der Waals surface area contributed by atoms with E-state index in [4.69, 9.17) is 0 Å². The molecule has 0 N–H and O–H groups in total. The van der Waals surface area contributed by atoms with Gasteiger partial charge in [-0.25, -0.2) is 9.97 Å². The van der Waals surface area contributed by atoms with Crippen molar-refractivity contribution in [3.63, 3.8) is 0 Å². The molecule has 1 aromatic carbocycles. The third-order valence-corrected chi connectivity index (χ3v) is 5.28. The van der Waals surface area contributed by atoms with E-state index < -0.39 is 11.7 Å². The fraction of sp³-hybridized carbons (Fsp3) is 0.273. The number of allylic oxidation sites excluding steroid dienone is 1. The smallest absolute Gasteiger partial charge is 0.339 e. The van der Waals surface area contributed by atoms with E-state index in [9.17, 15) is 18.0 Å². The quantitative estimate of drug-likeness (QED) is 0.590. The summed E-state index contributed by atoms with van der Waals surface area (Å²) in [7, 11) is 0. The summed E-state index contributed by atoms with van der Waals surface area (Å²) in [5, 5.41) is 0.737. The summed E-state index contributed by atoms with van der Waals surface area (Å²) in [4.78, 5) is 26.2. The van der Waals surface area contributed by atoms with Gasteiger partial charge in [-0.15, -0.1) is 0 Å². The third-order valence-electron chi connectivity index (χ3n) is 5.28. The molecule has 1 saturated heterocycles. The van der Waals surface area contributed by atoms with Crippen molar-refractivity contribution in [2.75, 3.05) is 13.1 Å². The summed E-state index contributed by atoms with van der Waals surface area (Å²) in [6.07, 6.45) is 4.87. The number of halogens is 3. The van der Waals surface area contributed by atoms with Gasteiger partial charge in [0.2, 0.25) is 5.91 Å². The Morgan fingerprint density at radius 2 is 1.97 bits per heavy atom. The van der Waals surface area contributed by atoms with Crippen molar-refractivity contribution in [3.8, 4) is 11.1 Å². The van der Waals surface area contributed by atoms with Crippen molar-refractivity contribution in [3.05, 3.63) is 66.4 Å². The highest BCUT2D eigenvalue weighted by Gasteiger charge is 2.32. The molecule has 1 atom stereocenters. The number of fused-ring (bicyclic) bond motifs is 1. The molecular weight excluding hydrogens is 393 g/mol. The predicted molar refractivity (Wildman–Crippen MR) is 107 cm³/mol. The maximum atomic E-state index is 13.1. The van der Waals surface area contributed by atoms with Crippen LogP contribution in [0, 0.1) is 0 Å². The van der Waals surface area contributed by atoms with Gasteiger partial charge in [0, 0.05) is 48.5 Å². The molecule has 0 aliphatic carbocycles. The molecule has 30 heavy (non-hydrogen) atoms. The summed E-state index contributed by atoms with van der Waals surface area (Å²) in [5.41, 5.74) is 1.84. The summed E-state index contributed by atoms with van der Waals surface area (Å²) >= 11 is 0. The topological polar surface area (TPSA) is 59.0 Å². The molecule has 3 heterocycles. The fourth-order valence-corrected chi connectivity index (χ4v) is 3.83. The van der Waals surface area contributed by atoms with Crippen molar-refractivity contribution < 1.29 is 18.0 Å². The largest absolute Gasteiger partial charge is 0.417 e. The van der Waals surface area contributed by atoms with Crippen molar-refractivity contribution in [2.45, 2.75) is 25.4 Å². The molecule has 1 amide bonds. The van der Waals surface area contributed by atoms with Crippen molar-refractivity contribution in [2.24, 2.45) is 0 Å². The molecule has 1 unspecified atom stereocenters. The summed E-state index contributed by atoms with van der Waals surface area (Å²) in [6, 6.07) is 4.73. The zero-order valence-electron chi connectivity index (χ0n) is 16.2. The molecule has 0 radical (unpaired) electrons. The second kappa shape index (κ2) is 7.85. The van der Waals surface area contributed by atoms with Crippen molar-refractivity contribution in [1.29, 1.82) is 0 Å². The zero-order valence-corrected chi connectivity index (χ0v) is 16.2. The van der Waals surface area contributed by atoms with Crippen LogP contribution in [0.2, 0.25) is 0 Å². The maximum absolute atomic E-state index is 13.1. The monoisotopic (exact) mass is 412 g/mol. The van der Waals surface area contributed by atoms with Crippen molar-refractivity contribution in [1.82, 2.24) is 19.9 Å². The van der Waals surface area contributed by atoms with Crippen LogP contribution in [0.1, 0.15) is 30.4 Å². The predicted octanol–water partition coefficient (Wildman–Crippen LogP) is 4.60. The average Bonchev–Trinajstić information content (AvgIpc) is 3.23. The first-order valence-corrected chi connectivity index (χ1v) is 9.54. The molecule has 3 aromatic rings. The first kappa shape index (κ1) is 20.0. The molecule has 154 valence electrons. The van der Waals surface area contributed by atoms with Crippen LogP contribution in [-0.2, 0) is 11.0 Å². The number of rotatable bonds is 3. The number of amides is 1. The van der Waals surface area contributed by atoms with E-state index >= 15 is 0 Å². The maximum Gasteiger partial charge on any atom is 0.417 e. The number of nitrogens with zero attached hydrogens (tertiary/aromatic N) is 4. The van der Waals surface area contributed by atoms with Crippen LogP contribution in [-0.4, -0.2) is 38.8 Å². The minimum atomic E-state index is -4.47. The summed E-state index contributed by atoms with van der Waals surface area (Å²) < 4.78 is 39.4. The Kier molecular flexibility index (Phi) is 5.24. The minimum Gasteiger partial charge on any atom is -0.339 e. The second-order valence-electron chi connectivity index (χ2n) is 7.26. The molecule has 0 saturated carbocycles.